The van der Waals surface area contributed by atoms with Crippen molar-refractivity contribution in [1.29, 1.82) is 0 Å². The van der Waals surface area contributed by atoms with Gasteiger partial charge in [0.05, 0.1) is 5.41 Å². The third-order valence-corrected chi connectivity index (χ3v) is 4.45. The highest BCUT2D eigenvalue weighted by Crippen LogP contribution is 2.33. The molecule has 3 aromatic rings. The van der Waals surface area contributed by atoms with Crippen LogP contribution in [-0.2, 0) is 11.6 Å². The first-order valence-corrected chi connectivity index (χ1v) is 8.54. The van der Waals surface area contributed by atoms with Crippen LogP contribution in [0.3, 0.4) is 0 Å². The topological polar surface area (TPSA) is 68.0 Å². The molecule has 0 saturated carbocycles. The van der Waals surface area contributed by atoms with Gasteiger partial charge < -0.3 is 9.84 Å². The molecule has 0 aliphatic rings. The average Bonchev–Trinajstić information content (AvgIpc) is 3.15. The van der Waals surface area contributed by atoms with Gasteiger partial charge in [0.2, 0.25) is 0 Å². The Bertz CT molecular complexity index is 981. The summed E-state index contributed by atoms with van der Waals surface area (Å²) in [6, 6.07) is 13.1. The third-order valence-electron chi connectivity index (χ3n) is 4.20. The van der Waals surface area contributed by atoms with Gasteiger partial charge in [-0.25, -0.2) is 0 Å². The summed E-state index contributed by atoms with van der Waals surface area (Å²) < 4.78 is 42.4. The predicted octanol–water partition coefficient (Wildman–Crippen LogP) is 5.32. The molecule has 0 unspecified atom stereocenters. The van der Waals surface area contributed by atoms with E-state index in [1.165, 1.54) is 0 Å². The van der Waals surface area contributed by atoms with Crippen LogP contribution in [0.2, 0.25) is 5.02 Å². The van der Waals surface area contributed by atoms with Crippen LogP contribution in [-0.4, -0.2) is 16.0 Å². The SMILES string of the molecule is CC(C)(c1ccc(C(=O)Nc2ccc(Cl)cc2)cc1)c1noc(C(F)(F)F)n1. The van der Waals surface area contributed by atoms with Gasteiger partial charge in [-0.3, -0.25) is 4.79 Å². The molecule has 1 amide bonds. The maximum Gasteiger partial charge on any atom is 0.471 e. The molecule has 0 spiro atoms. The van der Waals surface area contributed by atoms with Gasteiger partial charge in [0.1, 0.15) is 0 Å². The predicted molar refractivity (Wildman–Crippen MR) is 97.3 cm³/mol. The highest BCUT2D eigenvalue weighted by molar-refractivity contribution is 6.30. The van der Waals surface area contributed by atoms with Crippen molar-refractivity contribution in [3.05, 3.63) is 76.4 Å². The minimum atomic E-state index is -4.70. The maximum absolute atomic E-state index is 12.7. The number of hydrogen-bond donors (Lipinski definition) is 1. The highest BCUT2D eigenvalue weighted by atomic mass is 35.5. The summed E-state index contributed by atoms with van der Waals surface area (Å²) in [5.74, 6) is -1.82. The van der Waals surface area contributed by atoms with Crippen LogP contribution in [0.5, 0.6) is 0 Å². The van der Waals surface area contributed by atoms with Crippen LogP contribution in [0.4, 0.5) is 18.9 Å². The molecule has 9 heteroatoms. The van der Waals surface area contributed by atoms with Gasteiger partial charge in [0.15, 0.2) is 5.82 Å². The summed E-state index contributed by atoms with van der Waals surface area (Å²) in [7, 11) is 0. The molecule has 1 heterocycles. The van der Waals surface area contributed by atoms with Crippen LogP contribution in [0.15, 0.2) is 53.1 Å². The number of anilines is 1. The minimum absolute atomic E-state index is 0.0989. The Kier molecular flexibility index (Phi) is 5.16. The van der Waals surface area contributed by atoms with Gasteiger partial charge >= 0.3 is 12.1 Å². The number of hydrogen-bond acceptors (Lipinski definition) is 4. The standard InChI is InChI=1S/C19H15ClF3N3O2/c1-18(2,16-25-17(28-26-16)19(21,22)23)12-5-3-11(4-6-12)15(27)24-14-9-7-13(20)8-10-14/h3-10H,1-2H3,(H,24,27). The summed E-state index contributed by atoms with van der Waals surface area (Å²) in [6.45, 7) is 3.33. The smallest absolute Gasteiger partial charge is 0.329 e. The molecule has 0 atom stereocenters. The lowest BCUT2D eigenvalue weighted by Crippen LogP contribution is -2.21. The van der Waals surface area contributed by atoms with Crippen molar-refractivity contribution < 1.29 is 22.5 Å². The summed E-state index contributed by atoms with van der Waals surface area (Å²) in [4.78, 5) is 15.8. The molecule has 0 saturated heterocycles. The van der Waals surface area contributed by atoms with E-state index >= 15 is 0 Å². The van der Waals surface area contributed by atoms with Gasteiger partial charge in [-0.1, -0.05) is 28.9 Å². The van der Waals surface area contributed by atoms with E-state index in [1.54, 1.807) is 62.4 Å². The van der Waals surface area contributed by atoms with E-state index in [1.807, 2.05) is 0 Å². The molecule has 5 nitrogen and oxygen atoms in total. The number of carbonyl (C=O) groups is 1. The van der Waals surface area contributed by atoms with Gasteiger partial charge in [-0.05, 0) is 55.8 Å². The fourth-order valence-corrected chi connectivity index (χ4v) is 2.62. The van der Waals surface area contributed by atoms with Crippen molar-refractivity contribution in [1.82, 2.24) is 10.1 Å². The van der Waals surface area contributed by atoms with Gasteiger partial charge in [0.25, 0.3) is 5.91 Å². The summed E-state index contributed by atoms with van der Waals surface area (Å²) in [6.07, 6.45) is -4.70. The molecule has 1 N–H and O–H groups in total. The summed E-state index contributed by atoms with van der Waals surface area (Å²) in [5.41, 5.74) is 0.659. The number of halogens is 4. The van der Waals surface area contributed by atoms with Crippen LogP contribution in [0, 0.1) is 0 Å². The zero-order chi connectivity index (χ0) is 20.5. The van der Waals surface area contributed by atoms with Crippen molar-refractivity contribution in [2.75, 3.05) is 5.32 Å². The minimum Gasteiger partial charge on any atom is -0.329 e. The number of aromatic nitrogens is 2. The van der Waals surface area contributed by atoms with E-state index in [-0.39, 0.29) is 11.7 Å². The summed E-state index contributed by atoms with van der Waals surface area (Å²) in [5, 5.41) is 6.74. The van der Waals surface area contributed by atoms with Crippen molar-refractivity contribution in [3.8, 4) is 0 Å². The first-order valence-electron chi connectivity index (χ1n) is 8.16. The number of rotatable bonds is 4. The first kappa shape index (κ1) is 19.9. The van der Waals surface area contributed by atoms with E-state index < -0.39 is 17.5 Å². The Labute approximate surface area is 163 Å². The van der Waals surface area contributed by atoms with E-state index in [2.05, 4.69) is 20.0 Å². The van der Waals surface area contributed by atoms with Crippen molar-refractivity contribution in [3.63, 3.8) is 0 Å². The zero-order valence-corrected chi connectivity index (χ0v) is 15.6. The second-order valence-corrected chi connectivity index (χ2v) is 7.02. The zero-order valence-electron chi connectivity index (χ0n) is 14.8. The Balaban J connectivity index is 1.78. The lowest BCUT2D eigenvalue weighted by Gasteiger charge is -2.21. The fraction of sp³-hybridized carbons (Fsp3) is 0.211. The van der Waals surface area contributed by atoms with Crippen molar-refractivity contribution >= 4 is 23.2 Å². The van der Waals surface area contributed by atoms with E-state index in [0.717, 1.165) is 0 Å². The van der Waals surface area contributed by atoms with Gasteiger partial charge in [-0.2, -0.15) is 18.2 Å². The van der Waals surface area contributed by atoms with E-state index in [0.29, 0.717) is 21.8 Å². The summed E-state index contributed by atoms with van der Waals surface area (Å²) >= 11 is 5.81. The van der Waals surface area contributed by atoms with Crippen molar-refractivity contribution in [2.45, 2.75) is 25.4 Å². The molecule has 1 aromatic heterocycles. The maximum atomic E-state index is 12.7. The Morgan fingerprint density at radius 3 is 2.18 bits per heavy atom. The number of alkyl halides is 3. The first-order chi connectivity index (χ1) is 13.1. The molecule has 0 aliphatic carbocycles. The van der Waals surface area contributed by atoms with E-state index in [9.17, 15) is 18.0 Å². The molecule has 146 valence electrons. The normalized spacial score (nSPS) is 12.1. The number of amides is 1. The average molecular weight is 410 g/mol. The largest absolute Gasteiger partial charge is 0.471 e. The molecule has 0 fully saturated rings. The van der Waals surface area contributed by atoms with Crippen LogP contribution in [0.25, 0.3) is 0 Å². The van der Waals surface area contributed by atoms with Crippen LogP contribution >= 0.6 is 11.6 Å². The number of nitrogens with zero attached hydrogens (tertiary/aromatic N) is 2. The molecule has 0 bridgehead atoms. The van der Waals surface area contributed by atoms with Gasteiger partial charge in [0, 0.05) is 16.3 Å². The number of carbonyl (C=O) groups excluding carboxylic acids is 1. The molecule has 3 rings (SSSR count). The molecular weight excluding hydrogens is 395 g/mol. The fourth-order valence-electron chi connectivity index (χ4n) is 2.50. The quantitative estimate of drug-likeness (QED) is 0.633. The number of nitrogens with one attached hydrogen (secondary N) is 1. The van der Waals surface area contributed by atoms with Crippen LogP contribution < -0.4 is 5.32 Å². The third kappa shape index (κ3) is 4.17. The monoisotopic (exact) mass is 409 g/mol. The second kappa shape index (κ2) is 7.27. The highest BCUT2D eigenvalue weighted by Gasteiger charge is 2.40. The molecule has 28 heavy (non-hydrogen) atoms. The molecular formula is C19H15ClF3N3O2. The molecule has 2 aromatic carbocycles. The Morgan fingerprint density at radius 1 is 1.04 bits per heavy atom. The second-order valence-electron chi connectivity index (χ2n) is 6.58. The molecule has 0 radical (unpaired) electrons. The van der Waals surface area contributed by atoms with Gasteiger partial charge in [-0.15, -0.1) is 0 Å². The Morgan fingerprint density at radius 2 is 1.64 bits per heavy atom. The van der Waals surface area contributed by atoms with E-state index in [4.69, 9.17) is 11.6 Å². The number of benzene rings is 2. The lowest BCUT2D eigenvalue weighted by atomic mass is 9.83. The van der Waals surface area contributed by atoms with Crippen molar-refractivity contribution in [2.24, 2.45) is 0 Å². The lowest BCUT2D eigenvalue weighted by molar-refractivity contribution is -0.159. The van der Waals surface area contributed by atoms with Crippen LogP contribution in [0.1, 0.15) is 41.5 Å². The Hall–Kier alpha value is -2.87. The molecule has 0 aliphatic heterocycles.